The largest absolute Gasteiger partial charge is 0.480 e. The first-order chi connectivity index (χ1) is 11.1. The van der Waals surface area contributed by atoms with Crippen LogP contribution in [0.4, 0.5) is 5.69 Å². The van der Waals surface area contributed by atoms with E-state index in [4.69, 9.17) is 0 Å². The van der Waals surface area contributed by atoms with Gasteiger partial charge in [-0.1, -0.05) is 0 Å². The number of thiazole rings is 1. The maximum Gasteiger partial charge on any atom is 0.329 e. The summed E-state index contributed by atoms with van der Waals surface area (Å²) < 4.78 is 0. The predicted molar refractivity (Wildman–Crippen MR) is 88.0 cm³/mol. The van der Waals surface area contributed by atoms with Crippen LogP contribution in [-0.4, -0.2) is 44.4 Å². The number of carbonyl (C=O) groups is 2. The average Bonchev–Trinajstić information content (AvgIpc) is 3.03. The number of likely N-dealkylation sites (N-methyl/N-ethyl adjacent to an activating group) is 1. The molecule has 8 nitrogen and oxygen atoms in total. The summed E-state index contributed by atoms with van der Waals surface area (Å²) in [7, 11) is 1.40. The molecule has 1 aromatic carbocycles. The molecule has 1 heterocycles. The molecule has 1 amide bonds. The number of aliphatic carboxylic acids is 1. The zero-order valence-electron chi connectivity index (χ0n) is 13.2. The Labute approximate surface area is 141 Å². The fraction of sp³-hybridized carbons (Fsp3) is 0.267. The molecule has 126 valence electrons. The van der Waals surface area contributed by atoms with Crippen LogP contribution in [0.5, 0.6) is 0 Å². The Morgan fingerprint density at radius 2 is 1.88 bits per heavy atom. The molecule has 0 aliphatic heterocycles. The molecule has 0 saturated heterocycles. The summed E-state index contributed by atoms with van der Waals surface area (Å²) in [6, 6.07) is 5.82. The number of hydrogen-bond acceptors (Lipinski definition) is 6. The molecule has 2 aromatic rings. The molecule has 9 heteroatoms. The summed E-state index contributed by atoms with van der Waals surface area (Å²) in [4.78, 5) is 39.1. The molecule has 0 unspecified atom stereocenters. The van der Waals surface area contributed by atoms with Crippen LogP contribution in [0.3, 0.4) is 0 Å². The maximum absolute atomic E-state index is 12.4. The van der Waals surface area contributed by atoms with Crippen LogP contribution in [0.1, 0.15) is 24.3 Å². The number of carbonyl (C=O) groups excluding carboxylic acids is 1. The van der Waals surface area contributed by atoms with E-state index in [1.165, 1.54) is 49.7 Å². The number of rotatable bonds is 5. The van der Waals surface area contributed by atoms with Gasteiger partial charge in [-0.05, 0) is 26.0 Å². The van der Waals surface area contributed by atoms with Crippen molar-refractivity contribution < 1.29 is 19.6 Å². The highest BCUT2D eigenvalue weighted by atomic mass is 32.1. The molecule has 0 fully saturated rings. The van der Waals surface area contributed by atoms with E-state index >= 15 is 0 Å². The van der Waals surface area contributed by atoms with E-state index < -0.39 is 22.3 Å². The minimum absolute atomic E-state index is 0.0328. The highest BCUT2D eigenvalue weighted by Gasteiger charge is 2.36. The van der Waals surface area contributed by atoms with Crippen molar-refractivity contribution in [1.82, 2.24) is 9.88 Å². The van der Waals surface area contributed by atoms with Gasteiger partial charge in [0.25, 0.3) is 11.6 Å². The van der Waals surface area contributed by atoms with Gasteiger partial charge in [0.1, 0.15) is 16.2 Å². The highest BCUT2D eigenvalue weighted by molar-refractivity contribution is 7.13. The number of carboxylic acid groups (broad SMARTS) is 1. The van der Waals surface area contributed by atoms with Crippen LogP contribution >= 0.6 is 11.3 Å². The van der Waals surface area contributed by atoms with E-state index in [2.05, 4.69) is 4.98 Å². The van der Waals surface area contributed by atoms with Gasteiger partial charge >= 0.3 is 5.97 Å². The van der Waals surface area contributed by atoms with Gasteiger partial charge in [0.15, 0.2) is 0 Å². The Balaban J connectivity index is 2.25. The van der Waals surface area contributed by atoms with Crippen LogP contribution in [0.2, 0.25) is 0 Å². The van der Waals surface area contributed by atoms with Crippen molar-refractivity contribution in [3.63, 3.8) is 0 Å². The SMILES string of the molecule is CN(C(=O)c1csc(-c2ccc([N+](=O)[O-])cc2)n1)C(C)(C)C(=O)O. The molecule has 2 rings (SSSR count). The lowest BCUT2D eigenvalue weighted by Gasteiger charge is -2.30. The second-order valence-electron chi connectivity index (χ2n) is 5.57. The maximum atomic E-state index is 12.4. The quantitative estimate of drug-likeness (QED) is 0.656. The van der Waals surface area contributed by atoms with Crippen LogP contribution in [0.15, 0.2) is 29.6 Å². The molecule has 24 heavy (non-hydrogen) atoms. The molecule has 0 aliphatic rings. The van der Waals surface area contributed by atoms with Gasteiger partial charge in [0, 0.05) is 30.1 Å². The lowest BCUT2D eigenvalue weighted by molar-refractivity contribution is -0.384. The summed E-state index contributed by atoms with van der Waals surface area (Å²) >= 11 is 1.21. The second kappa shape index (κ2) is 6.36. The van der Waals surface area contributed by atoms with E-state index in [0.29, 0.717) is 10.6 Å². The van der Waals surface area contributed by atoms with Gasteiger partial charge in [-0.3, -0.25) is 14.9 Å². The van der Waals surface area contributed by atoms with Crippen molar-refractivity contribution >= 4 is 28.9 Å². The first kappa shape index (κ1) is 17.5. The van der Waals surface area contributed by atoms with Crippen LogP contribution in [-0.2, 0) is 4.79 Å². The zero-order chi connectivity index (χ0) is 18.1. The van der Waals surface area contributed by atoms with E-state index in [1.807, 2.05) is 0 Å². The van der Waals surface area contributed by atoms with E-state index in [-0.39, 0.29) is 11.4 Å². The molecule has 0 radical (unpaired) electrons. The first-order valence-corrected chi connectivity index (χ1v) is 7.74. The molecule has 1 N–H and O–H groups in total. The monoisotopic (exact) mass is 349 g/mol. The van der Waals surface area contributed by atoms with Crippen molar-refractivity contribution in [2.24, 2.45) is 0 Å². The molecule has 0 atom stereocenters. The van der Waals surface area contributed by atoms with Gasteiger partial charge in [-0.15, -0.1) is 11.3 Å². The van der Waals surface area contributed by atoms with Crippen molar-refractivity contribution in [3.8, 4) is 10.6 Å². The smallest absolute Gasteiger partial charge is 0.329 e. The topological polar surface area (TPSA) is 114 Å². The second-order valence-corrected chi connectivity index (χ2v) is 6.43. The Hall–Kier alpha value is -2.81. The Kier molecular flexibility index (Phi) is 4.65. The average molecular weight is 349 g/mol. The third kappa shape index (κ3) is 3.25. The van der Waals surface area contributed by atoms with Gasteiger partial charge < -0.3 is 10.0 Å². The highest BCUT2D eigenvalue weighted by Crippen LogP contribution is 2.27. The van der Waals surface area contributed by atoms with E-state index in [9.17, 15) is 24.8 Å². The third-order valence-electron chi connectivity index (χ3n) is 3.71. The van der Waals surface area contributed by atoms with Crippen LogP contribution in [0.25, 0.3) is 10.6 Å². The number of nitro groups is 1. The molecule has 0 aliphatic carbocycles. The number of benzene rings is 1. The van der Waals surface area contributed by atoms with E-state index in [0.717, 1.165) is 4.90 Å². The van der Waals surface area contributed by atoms with Gasteiger partial charge in [-0.2, -0.15) is 0 Å². The Morgan fingerprint density at radius 3 is 2.38 bits per heavy atom. The molecule has 1 aromatic heterocycles. The zero-order valence-corrected chi connectivity index (χ0v) is 14.0. The molecular formula is C15H15N3O5S. The normalized spacial score (nSPS) is 11.1. The molecule has 0 bridgehead atoms. The van der Waals surface area contributed by atoms with Gasteiger partial charge in [-0.25, -0.2) is 9.78 Å². The van der Waals surface area contributed by atoms with Crippen LogP contribution in [0, 0.1) is 10.1 Å². The number of non-ortho nitro benzene ring substituents is 1. The predicted octanol–water partition coefficient (Wildman–Crippen LogP) is 2.65. The van der Waals surface area contributed by atoms with Crippen molar-refractivity contribution in [1.29, 1.82) is 0 Å². The minimum atomic E-state index is -1.37. The Bertz CT molecular complexity index is 798. The van der Waals surface area contributed by atoms with Crippen molar-refractivity contribution in [2.45, 2.75) is 19.4 Å². The summed E-state index contributed by atoms with van der Waals surface area (Å²) in [5.74, 6) is -1.63. The number of hydrogen-bond donors (Lipinski definition) is 1. The van der Waals surface area contributed by atoms with Crippen molar-refractivity contribution in [3.05, 3.63) is 45.5 Å². The summed E-state index contributed by atoms with van der Waals surface area (Å²) in [5, 5.41) is 21.9. The number of amides is 1. The number of nitro benzene ring substituents is 1. The lowest BCUT2D eigenvalue weighted by Crippen LogP contribution is -2.50. The Morgan fingerprint density at radius 1 is 1.29 bits per heavy atom. The third-order valence-corrected chi connectivity index (χ3v) is 4.61. The number of carboxylic acids is 1. The minimum Gasteiger partial charge on any atom is -0.480 e. The number of aromatic nitrogens is 1. The lowest BCUT2D eigenvalue weighted by atomic mass is 10.0. The van der Waals surface area contributed by atoms with E-state index in [1.54, 1.807) is 12.1 Å². The molecule has 0 saturated carbocycles. The fourth-order valence-corrected chi connectivity index (χ4v) is 2.60. The standard InChI is InChI=1S/C15H15N3O5S/c1-15(2,14(20)21)17(3)13(19)11-8-24-12(16-11)9-4-6-10(7-5-9)18(22)23/h4-8H,1-3H3,(H,20,21). The van der Waals surface area contributed by atoms with Gasteiger partial charge in [0.2, 0.25) is 0 Å². The first-order valence-electron chi connectivity index (χ1n) is 6.86. The number of nitrogens with zero attached hydrogens (tertiary/aromatic N) is 3. The summed E-state index contributed by atoms with van der Waals surface area (Å²) in [6.07, 6.45) is 0. The molecule has 0 spiro atoms. The molecular weight excluding hydrogens is 334 g/mol. The summed E-state index contributed by atoms with van der Waals surface area (Å²) in [6.45, 7) is 2.85. The summed E-state index contributed by atoms with van der Waals surface area (Å²) in [5.41, 5.74) is -0.627. The van der Waals surface area contributed by atoms with Gasteiger partial charge in [0.05, 0.1) is 4.92 Å². The van der Waals surface area contributed by atoms with Crippen LogP contribution < -0.4 is 0 Å². The fourth-order valence-electron chi connectivity index (χ4n) is 1.80. The van der Waals surface area contributed by atoms with Crippen molar-refractivity contribution in [2.75, 3.05) is 7.05 Å².